The molecular formula is C21H24N2O5S. The lowest BCUT2D eigenvalue weighted by Crippen LogP contribution is -2.35. The maximum atomic E-state index is 12.9. The van der Waals surface area contributed by atoms with E-state index in [1.165, 1.54) is 36.5 Å². The number of hydrogen-bond acceptors (Lipinski definition) is 5. The zero-order valence-electron chi connectivity index (χ0n) is 16.5. The van der Waals surface area contributed by atoms with Gasteiger partial charge in [-0.2, -0.15) is 4.31 Å². The first-order valence-electron chi connectivity index (χ1n) is 9.43. The van der Waals surface area contributed by atoms with Crippen LogP contribution in [0.1, 0.15) is 46.9 Å². The predicted molar refractivity (Wildman–Crippen MR) is 110 cm³/mol. The normalized spacial score (nSPS) is 15.0. The highest BCUT2D eigenvalue weighted by atomic mass is 32.2. The molecule has 1 aliphatic heterocycles. The van der Waals surface area contributed by atoms with Crippen molar-refractivity contribution in [2.75, 3.05) is 25.5 Å². The molecule has 0 unspecified atom stereocenters. The fraction of sp³-hybridized carbons (Fsp3) is 0.333. The van der Waals surface area contributed by atoms with Crippen LogP contribution in [0.4, 0.5) is 5.69 Å². The third kappa shape index (κ3) is 4.65. The fourth-order valence-corrected chi connectivity index (χ4v) is 4.81. The minimum Gasteiger partial charge on any atom is -0.496 e. The fourth-order valence-electron chi connectivity index (χ4n) is 3.27. The quantitative estimate of drug-likeness (QED) is 0.729. The number of ketones is 1. The van der Waals surface area contributed by atoms with E-state index in [4.69, 9.17) is 4.74 Å². The maximum Gasteiger partial charge on any atom is 0.259 e. The van der Waals surface area contributed by atoms with Gasteiger partial charge in [-0.05, 0) is 62.2 Å². The Morgan fingerprint density at radius 3 is 2.24 bits per heavy atom. The predicted octanol–water partition coefficient (Wildman–Crippen LogP) is 3.32. The van der Waals surface area contributed by atoms with E-state index in [1.807, 2.05) is 0 Å². The van der Waals surface area contributed by atoms with Gasteiger partial charge < -0.3 is 10.1 Å². The summed E-state index contributed by atoms with van der Waals surface area (Å²) in [5, 5.41) is 2.72. The lowest BCUT2D eigenvalue weighted by atomic mass is 10.1. The number of ether oxygens (including phenoxy) is 1. The summed E-state index contributed by atoms with van der Waals surface area (Å²) in [5.74, 6) is -0.284. The van der Waals surface area contributed by atoms with Gasteiger partial charge in [0.15, 0.2) is 5.78 Å². The van der Waals surface area contributed by atoms with Crippen LogP contribution in [0.3, 0.4) is 0 Å². The van der Waals surface area contributed by atoms with Crippen LogP contribution in [-0.2, 0) is 10.0 Å². The number of nitrogens with one attached hydrogen (secondary N) is 1. The van der Waals surface area contributed by atoms with Crippen LogP contribution in [0, 0.1) is 0 Å². The molecule has 1 N–H and O–H groups in total. The van der Waals surface area contributed by atoms with Crippen LogP contribution in [0.2, 0.25) is 0 Å². The van der Waals surface area contributed by atoms with Crippen LogP contribution in [0.15, 0.2) is 47.4 Å². The van der Waals surface area contributed by atoms with Crippen molar-refractivity contribution in [1.29, 1.82) is 0 Å². The smallest absolute Gasteiger partial charge is 0.259 e. The number of methoxy groups -OCH3 is 1. The Kier molecular flexibility index (Phi) is 6.34. The number of anilines is 1. The number of rotatable bonds is 6. The van der Waals surface area contributed by atoms with E-state index in [0.29, 0.717) is 24.3 Å². The van der Waals surface area contributed by atoms with E-state index in [2.05, 4.69) is 5.32 Å². The van der Waals surface area contributed by atoms with Crippen molar-refractivity contribution >= 4 is 27.4 Å². The number of amides is 1. The molecule has 0 saturated carbocycles. The van der Waals surface area contributed by atoms with E-state index in [0.717, 1.165) is 19.3 Å². The van der Waals surface area contributed by atoms with Gasteiger partial charge in [-0.3, -0.25) is 9.59 Å². The second-order valence-electron chi connectivity index (χ2n) is 6.91. The molecular weight excluding hydrogens is 392 g/mol. The van der Waals surface area contributed by atoms with Gasteiger partial charge in [-0.25, -0.2) is 8.42 Å². The molecule has 2 aromatic carbocycles. The van der Waals surface area contributed by atoms with Crippen molar-refractivity contribution in [2.24, 2.45) is 0 Å². The molecule has 7 nitrogen and oxygen atoms in total. The first-order chi connectivity index (χ1) is 13.8. The SMILES string of the molecule is COc1ccc(S(=O)(=O)N2CCCCC2)cc1C(=O)Nc1ccc(C(C)=O)cc1. The number of piperidine rings is 1. The Labute approximate surface area is 170 Å². The molecule has 29 heavy (non-hydrogen) atoms. The minimum atomic E-state index is -3.67. The Hall–Kier alpha value is -2.71. The van der Waals surface area contributed by atoms with Crippen molar-refractivity contribution in [3.63, 3.8) is 0 Å². The highest BCUT2D eigenvalue weighted by Crippen LogP contribution is 2.27. The van der Waals surface area contributed by atoms with E-state index in [-0.39, 0.29) is 22.0 Å². The van der Waals surface area contributed by atoms with E-state index < -0.39 is 15.9 Å². The zero-order chi connectivity index (χ0) is 21.0. The Balaban J connectivity index is 1.88. The molecule has 1 saturated heterocycles. The van der Waals surface area contributed by atoms with Crippen molar-refractivity contribution in [3.8, 4) is 5.75 Å². The molecule has 1 heterocycles. The average Bonchev–Trinajstić information content (AvgIpc) is 2.74. The highest BCUT2D eigenvalue weighted by molar-refractivity contribution is 7.89. The minimum absolute atomic E-state index is 0.0669. The highest BCUT2D eigenvalue weighted by Gasteiger charge is 2.27. The number of hydrogen-bond donors (Lipinski definition) is 1. The van der Waals surface area contributed by atoms with Crippen LogP contribution in [-0.4, -0.2) is 44.6 Å². The third-order valence-corrected chi connectivity index (χ3v) is 6.81. The maximum absolute atomic E-state index is 12.9. The summed E-state index contributed by atoms with van der Waals surface area (Å²) in [6.07, 6.45) is 2.68. The molecule has 2 aromatic rings. The van der Waals surface area contributed by atoms with Crippen molar-refractivity contribution < 1.29 is 22.7 Å². The summed E-state index contributed by atoms with van der Waals surface area (Å²) < 4.78 is 32.6. The molecule has 1 fully saturated rings. The number of benzene rings is 2. The van der Waals surface area contributed by atoms with Crippen LogP contribution in [0.5, 0.6) is 5.75 Å². The second kappa shape index (κ2) is 8.75. The summed E-state index contributed by atoms with van der Waals surface area (Å²) in [6, 6.07) is 10.8. The van der Waals surface area contributed by atoms with E-state index >= 15 is 0 Å². The zero-order valence-corrected chi connectivity index (χ0v) is 17.3. The van der Waals surface area contributed by atoms with Crippen molar-refractivity contribution in [2.45, 2.75) is 31.1 Å². The molecule has 0 aliphatic carbocycles. The summed E-state index contributed by atoms with van der Waals surface area (Å²) in [7, 11) is -2.25. The summed E-state index contributed by atoms with van der Waals surface area (Å²) in [4.78, 5) is 24.2. The molecule has 154 valence electrons. The molecule has 0 radical (unpaired) electrons. The van der Waals surface area contributed by atoms with Gasteiger partial charge >= 0.3 is 0 Å². The molecule has 0 aromatic heterocycles. The Morgan fingerprint density at radius 1 is 1.00 bits per heavy atom. The Morgan fingerprint density at radius 2 is 1.66 bits per heavy atom. The van der Waals surface area contributed by atoms with Crippen LogP contribution < -0.4 is 10.1 Å². The molecule has 0 atom stereocenters. The number of Topliss-reactive ketones (excluding diaryl/α,β-unsaturated/α-hetero) is 1. The van der Waals surface area contributed by atoms with Crippen molar-refractivity contribution in [3.05, 3.63) is 53.6 Å². The summed E-state index contributed by atoms with van der Waals surface area (Å²) >= 11 is 0. The summed E-state index contributed by atoms with van der Waals surface area (Å²) in [5.41, 5.74) is 1.16. The van der Waals surface area contributed by atoms with E-state index in [1.54, 1.807) is 24.3 Å². The topological polar surface area (TPSA) is 92.8 Å². The molecule has 0 spiro atoms. The third-order valence-electron chi connectivity index (χ3n) is 4.92. The first-order valence-corrected chi connectivity index (χ1v) is 10.9. The lowest BCUT2D eigenvalue weighted by molar-refractivity contribution is 0.101. The Bertz CT molecular complexity index is 1010. The molecule has 1 aliphatic rings. The molecule has 3 rings (SSSR count). The van der Waals surface area contributed by atoms with Gasteiger partial charge in [-0.15, -0.1) is 0 Å². The van der Waals surface area contributed by atoms with Gasteiger partial charge in [0.05, 0.1) is 17.6 Å². The van der Waals surface area contributed by atoms with Gasteiger partial charge in [0.1, 0.15) is 5.75 Å². The van der Waals surface area contributed by atoms with Crippen LogP contribution >= 0.6 is 0 Å². The number of sulfonamides is 1. The van der Waals surface area contributed by atoms with Gasteiger partial charge in [-0.1, -0.05) is 6.42 Å². The molecule has 8 heteroatoms. The average molecular weight is 416 g/mol. The number of carbonyl (C=O) groups is 2. The van der Waals surface area contributed by atoms with Gasteiger partial charge in [0.25, 0.3) is 5.91 Å². The first kappa shape index (κ1) is 21.0. The largest absolute Gasteiger partial charge is 0.496 e. The number of nitrogens with zero attached hydrogens (tertiary/aromatic N) is 1. The summed E-state index contributed by atoms with van der Waals surface area (Å²) in [6.45, 7) is 2.43. The van der Waals surface area contributed by atoms with Gasteiger partial charge in [0, 0.05) is 24.3 Å². The second-order valence-corrected chi connectivity index (χ2v) is 8.85. The monoisotopic (exact) mass is 416 g/mol. The number of carbonyl (C=O) groups excluding carboxylic acids is 2. The lowest BCUT2D eigenvalue weighted by Gasteiger charge is -2.26. The van der Waals surface area contributed by atoms with Crippen LogP contribution in [0.25, 0.3) is 0 Å². The van der Waals surface area contributed by atoms with E-state index in [9.17, 15) is 18.0 Å². The van der Waals surface area contributed by atoms with Gasteiger partial charge in [0.2, 0.25) is 10.0 Å². The molecule has 1 amide bonds. The van der Waals surface area contributed by atoms with Crippen molar-refractivity contribution in [1.82, 2.24) is 4.31 Å². The standard InChI is InChI=1S/C21H24N2O5S/c1-15(24)16-6-8-17(9-7-16)22-21(25)19-14-18(10-11-20(19)28-2)29(26,27)23-12-4-3-5-13-23/h6-11,14H,3-5,12-13H2,1-2H3,(H,22,25). The molecule has 0 bridgehead atoms.